The lowest BCUT2D eigenvalue weighted by Crippen LogP contribution is -2.17. The van der Waals surface area contributed by atoms with E-state index in [2.05, 4.69) is 42.3 Å². The van der Waals surface area contributed by atoms with Crippen molar-refractivity contribution in [3.63, 3.8) is 0 Å². The molecule has 0 saturated heterocycles. The Balaban J connectivity index is 2.07. The van der Waals surface area contributed by atoms with E-state index in [4.69, 9.17) is 16.3 Å². The summed E-state index contributed by atoms with van der Waals surface area (Å²) < 4.78 is 5.38. The van der Waals surface area contributed by atoms with Crippen LogP contribution in [0.15, 0.2) is 42.5 Å². The van der Waals surface area contributed by atoms with Gasteiger partial charge in [0.2, 0.25) is 0 Å². The topological polar surface area (TPSA) is 12.5 Å². The highest BCUT2D eigenvalue weighted by Gasteiger charge is 2.22. The molecule has 3 rings (SSSR count). The van der Waals surface area contributed by atoms with Crippen LogP contribution >= 0.6 is 11.6 Å². The van der Waals surface area contributed by atoms with Crippen LogP contribution < -0.4 is 4.74 Å². The van der Waals surface area contributed by atoms with Gasteiger partial charge < -0.3 is 9.64 Å². The summed E-state index contributed by atoms with van der Waals surface area (Å²) in [5, 5.41) is 0.806. The molecule has 1 heterocycles. The fraction of sp³-hybridized carbons (Fsp3) is 0.333. The molecule has 0 fully saturated rings. The smallest absolute Gasteiger partial charge is 0.119 e. The van der Waals surface area contributed by atoms with Crippen LogP contribution in [-0.2, 0) is 6.54 Å². The number of nitrogens with zero attached hydrogens (tertiary/aromatic N) is 1. The highest BCUT2D eigenvalue weighted by Crippen LogP contribution is 2.36. The van der Waals surface area contributed by atoms with E-state index < -0.39 is 0 Å². The first-order chi connectivity index (χ1) is 10.2. The van der Waals surface area contributed by atoms with Gasteiger partial charge in [0.15, 0.2) is 0 Å². The van der Waals surface area contributed by atoms with Gasteiger partial charge in [0, 0.05) is 17.5 Å². The summed E-state index contributed by atoms with van der Waals surface area (Å²) in [6.07, 6.45) is 1.11. The summed E-state index contributed by atoms with van der Waals surface area (Å²) in [6, 6.07) is 14.7. The first kappa shape index (κ1) is 14.4. The third-order valence-corrected chi connectivity index (χ3v) is 4.45. The molecule has 0 spiro atoms. The van der Waals surface area contributed by atoms with Crippen molar-refractivity contribution in [2.45, 2.75) is 18.9 Å². The monoisotopic (exact) mass is 301 g/mol. The van der Waals surface area contributed by atoms with Gasteiger partial charge in [0.25, 0.3) is 0 Å². The molecule has 1 atom stereocenters. The van der Waals surface area contributed by atoms with Crippen LogP contribution in [0.3, 0.4) is 0 Å². The molecule has 0 amide bonds. The van der Waals surface area contributed by atoms with Crippen LogP contribution in [0.25, 0.3) is 0 Å². The Hall–Kier alpha value is -1.51. The second kappa shape index (κ2) is 6.08. The van der Waals surface area contributed by atoms with Gasteiger partial charge in [-0.2, -0.15) is 0 Å². The van der Waals surface area contributed by atoms with E-state index in [0.717, 1.165) is 30.3 Å². The lowest BCUT2D eigenvalue weighted by molar-refractivity contribution is 0.327. The van der Waals surface area contributed by atoms with Gasteiger partial charge in [-0.25, -0.2) is 0 Å². The highest BCUT2D eigenvalue weighted by atomic mass is 35.5. The molecule has 0 aromatic heterocycles. The zero-order chi connectivity index (χ0) is 14.8. The van der Waals surface area contributed by atoms with E-state index in [-0.39, 0.29) is 0 Å². The number of methoxy groups -OCH3 is 1. The number of fused-ring (bicyclic) bond motifs is 1. The summed E-state index contributed by atoms with van der Waals surface area (Å²) in [4.78, 5) is 2.36. The molecule has 0 saturated carbocycles. The number of benzene rings is 2. The van der Waals surface area contributed by atoms with Crippen LogP contribution in [0.2, 0.25) is 5.02 Å². The lowest BCUT2D eigenvalue weighted by Gasteiger charge is -2.18. The molecule has 2 nitrogen and oxygen atoms in total. The number of rotatable bonds is 2. The normalized spacial score (nSPS) is 18.9. The second-order valence-electron chi connectivity index (χ2n) is 5.70. The van der Waals surface area contributed by atoms with Crippen LogP contribution in [0.5, 0.6) is 5.75 Å². The van der Waals surface area contributed by atoms with Gasteiger partial charge in [-0.15, -0.1) is 0 Å². The summed E-state index contributed by atoms with van der Waals surface area (Å²) >= 11 is 6.18. The van der Waals surface area contributed by atoms with Crippen molar-refractivity contribution in [2.75, 3.05) is 20.7 Å². The highest BCUT2D eigenvalue weighted by molar-refractivity contribution is 6.30. The molecular formula is C18H20ClNO. The molecule has 0 bridgehead atoms. The lowest BCUT2D eigenvalue weighted by atomic mass is 9.86. The number of halogens is 1. The molecule has 2 aromatic rings. The number of ether oxygens (including phenoxy) is 1. The molecule has 3 heteroatoms. The number of hydrogen-bond acceptors (Lipinski definition) is 2. The predicted octanol–water partition coefficient (Wildman–Crippen LogP) is 4.32. The molecule has 21 heavy (non-hydrogen) atoms. The van der Waals surface area contributed by atoms with Gasteiger partial charge >= 0.3 is 0 Å². The van der Waals surface area contributed by atoms with Gasteiger partial charge in [0.1, 0.15) is 5.75 Å². The maximum atomic E-state index is 6.18. The SMILES string of the molecule is COc1ccc2c(c1)CN(C)CCC2c1cccc(Cl)c1. The predicted molar refractivity (Wildman–Crippen MR) is 87.2 cm³/mol. The molecule has 110 valence electrons. The van der Waals surface area contributed by atoms with Crippen molar-refractivity contribution >= 4 is 11.6 Å². The van der Waals surface area contributed by atoms with Crippen LogP contribution in [0, 0.1) is 0 Å². The van der Waals surface area contributed by atoms with E-state index in [1.807, 2.05) is 12.1 Å². The fourth-order valence-electron chi connectivity index (χ4n) is 3.13. The van der Waals surface area contributed by atoms with E-state index in [0.29, 0.717) is 5.92 Å². The van der Waals surface area contributed by atoms with Crippen molar-refractivity contribution < 1.29 is 4.74 Å². The molecule has 0 radical (unpaired) electrons. The molecule has 1 aliphatic rings. The minimum Gasteiger partial charge on any atom is -0.497 e. The van der Waals surface area contributed by atoms with Crippen LogP contribution in [0.1, 0.15) is 29.0 Å². The molecule has 1 aliphatic heterocycles. The third kappa shape index (κ3) is 3.07. The van der Waals surface area contributed by atoms with E-state index >= 15 is 0 Å². The molecule has 2 aromatic carbocycles. The zero-order valence-electron chi connectivity index (χ0n) is 12.5. The van der Waals surface area contributed by atoms with Gasteiger partial charge in [0.05, 0.1) is 7.11 Å². The first-order valence-electron chi connectivity index (χ1n) is 7.28. The van der Waals surface area contributed by atoms with Crippen molar-refractivity contribution in [1.82, 2.24) is 4.90 Å². The van der Waals surface area contributed by atoms with Crippen molar-refractivity contribution in [2.24, 2.45) is 0 Å². The Morgan fingerprint density at radius 2 is 2.05 bits per heavy atom. The number of hydrogen-bond donors (Lipinski definition) is 0. The molecule has 0 aliphatic carbocycles. The average molecular weight is 302 g/mol. The minimum atomic E-state index is 0.398. The Bertz CT molecular complexity index is 641. The van der Waals surface area contributed by atoms with Gasteiger partial charge in [-0.3, -0.25) is 0 Å². The van der Waals surface area contributed by atoms with Gasteiger partial charge in [-0.1, -0.05) is 29.8 Å². The molecule has 1 unspecified atom stereocenters. The minimum absolute atomic E-state index is 0.398. The third-order valence-electron chi connectivity index (χ3n) is 4.22. The zero-order valence-corrected chi connectivity index (χ0v) is 13.2. The summed E-state index contributed by atoms with van der Waals surface area (Å²) in [7, 11) is 3.89. The van der Waals surface area contributed by atoms with Gasteiger partial charge in [-0.05, 0) is 61.0 Å². The van der Waals surface area contributed by atoms with Crippen LogP contribution in [0.4, 0.5) is 0 Å². The average Bonchev–Trinajstić information content (AvgIpc) is 2.64. The van der Waals surface area contributed by atoms with Crippen molar-refractivity contribution in [3.8, 4) is 5.75 Å². The molecular weight excluding hydrogens is 282 g/mol. The maximum absolute atomic E-state index is 6.18. The Labute approximate surface area is 131 Å². The van der Waals surface area contributed by atoms with Crippen LogP contribution in [-0.4, -0.2) is 25.6 Å². The largest absolute Gasteiger partial charge is 0.497 e. The Kier molecular flexibility index (Phi) is 4.18. The van der Waals surface area contributed by atoms with E-state index in [1.165, 1.54) is 16.7 Å². The maximum Gasteiger partial charge on any atom is 0.119 e. The quantitative estimate of drug-likeness (QED) is 0.819. The Morgan fingerprint density at radius 1 is 1.19 bits per heavy atom. The van der Waals surface area contributed by atoms with E-state index in [1.54, 1.807) is 7.11 Å². The summed E-state index contributed by atoms with van der Waals surface area (Å²) in [6.45, 7) is 2.04. The van der Waals surface area contributed by atoms with E-state index in [9.17, 15) is 0 Å². The van der Waals surface area contributed by atoms with Crippen molar-refractivity contribution in [1.29, 1.82) is 0 Å². The second-order valence-corrected chi connectivity index (χ2v) is 6.14. The summed E-state index contributed by atoms with van der Waals surface area (Å²) in [5.41, 5.74) is 4.03. The fourth-order valence-corrected chi connectivity index (χ4v) is 3.33. The molecule has 0 N–H and O–H groups in total. The Morgan fingerprint density at radius 3 is 2.81 bits per heavy atom. The van der Waals surface area contributed by atoms with Crippen molar-refractivity contribution in [3.05, 3.63) is 64.2 Å². The summed E-state index contributed by atoms with van der Waals surface area (Å²) in [5.74, 6) is 1.32. The first-order valence-corrected chi connectivity index (χ1v) is 7.66. The standard InChI is InChI=1S/C18H20ClNO/c1-20-9-8-18(13-4-3-5-15(19)10-13)17-7-6-16(21-2)11-14(17)12-20/h3-7,10-11,18H,8-9,12H2,1-2H3.